The molecule has 0 bridgehead atoms. The predicted octanol–water partition coefficient (Wildman–Crippen LogP) is 5.32. The lowest BCUT2D eigenvalue weighted by atomic mass is 10.2. The van der Waals surface area contributed by atoms with Gasteiger partial charge in [0.1, 0.15) is 5.58 Å². The number of nitrogens with two attached hydrogens (primary N) is 1. The van der Waals surface area contributed by atoms with E-state index < -0.39 is 5.91 Å². The highest BCUT2D eigenvalue weighted by Gasteiger charge is 2.17. The number of primary amides is 1. The third kappa shape index (κ3) is 5.29. The SMILES string of the molecule is CCOc1cc(C=Nn2c(-c3cc4cc(Br)ccc4o3)nc3ccccc3c2=O)cc(I)c1OCC(N)=O. The first-order valence-corrected chi connectivity index (χ1v) is 13.3. The highest BCUT2D eigenvalue weighted by atomic mass is 127. The van der Waals surface area contributed by atoms with Gasteiger partial charge in [-0.1, -0.05) is 28.1 Å². The number of amides is 1. The smallest absolute Gasteiger partial charge is 0.282 e. The molecule has 0 aliphatic heterocycles. The fourth-order valence-electron chi connectivity index (χ4n) is 3.85. The van der Waals surface area contributed by atoms with E-state index >= 15 is 0 Å². The van der Waals surface area contributed by atoms with Crippen LogP contribution in [0.5, 0.6) is 11.5 Å². The van der Waals surface area contributed by atoms with Gasteiger partial charge in [0.05, 0.1) is 27.3 Å². The maximum atomic E-state index is 13.5. The van der Waals surface area contributed by atoms with Gasteiger partial charge in [-0.15, -0.1) is 0 Å². The Labute approximate surface area is 238 Å². The van der Waals surface area contributed by atoms with Gasteiger partial charge in [0.15, 0.2) is 23.9 Å². The lowest BCUT2D eigenvalue weighted by molar-refractivity contribution is -0.119. The summed E-state index contributed by atoms with van der Waals surface area (Å²) in [6.07, 6.45) is 1.53. The van der Waals surface area contributed by atoms with Crippen LogP contribution < -0.4 is 20.8 Å². The largest absolute Gasteiger partial charge is 0.490 e. The van der Waals surface area contributed by atoms with Crippen LogP contribution in [-0.2, 0) is 4.79 Å². The zero-order chi connectivity index (χ0) is 26.8. The molecule has 192 valence electrons. The number of nitrogens with zero attached hydrogens (tertiary/aromatic N) is 3. The number of furan rings is 1. The van der Waals surface area contributed by atoms with Crippen molar-refractivity contribution >= 4 is 72.5 Å². The molecule has 2 aromatic heterocycles. The van der Waals surface area contributed by atoms with Gasteiger partial charge in [-0.05, 0) is 83.6 Å². The molecule has 0 unspecified atom stereocenters. The van der Waals surface area contributed by atoms with Crippen LogP contribution in [0.15, 0.2) is 79.4 Å². The highest BCUT2D eigenvalue weighted by molar-refractivity contribution is 14.1. The van der Waals surface area contributed by atoms with Gasteiger partial charge in [0.2, 0.25) is 5.82 Å². The van der Waals surface area contributed by atoms with Gasteiger partial charge in [0.25, 0.3) is 11.5 Å². The third-order valence-electron chi connectivity index (χ3n) is 5.47. The van der Waals surface area contributed by atoms with Gasteiger partial charge in [0, 0.05) is 9.86 Å². The van der Waals surface area contributed by atoms with Crippen LogP contribution >= 0.6 is 38.5 Å². The molecule has 38 heavy (non-hydrogen) atoms. The first kappa shape index (κ1) is 25.9. The minimum absolute atomic E-state index is 0.262. The normalized spacial score (nSPS) is 11.4. The van der Waals surface area contributed by atoms with Crippen molar-refractivity contribution in [2.24, 2.45) is 10.8 Å². The molecule has 5 aromatic rings. The van der Waals surface area contributed by atoms with Crippen molar-refractivity contribution in [3.05, 3.63) is 84.6 Å². The van der Waals surface area contributed by atoms with Crippen LogP contribution in [0.2, 0.25) is 0 Å². The molecule has 11 heteroatoms. The molecule has 2 N–H and O–H groups in total. The molecule has 5 rings (SSSR count). The second-order valence-electron chi connectivity index (χ2n) is 8.12. The van der Waals surface area contributed by atoms with Gasteiger partial charge in [-0.3, -0.25) is 9.59 Å². The Kier molecular flexibility index (Phi) is 7.47. The number of hydrogen-bond acceptors (Lipinski definition) is 7. The number of halogens is 2. The maximum Gasteiger partial charge on any atom is 0.282 e. The Hall–Kier alpha value is -3.71. The molecule has 0 aliphatic rings. The van der Waals surface area contributed by atoms with E-state index in [4.69, 9.17) is 24.6 Å². The van der Waals surface area contributed by atoms with Crippen LogP contribution in [0.4, 0.5) is 0 Å². The summed E-state index contributed by atoms with van der Waals surface area (Å²) >= 11 is 5.55. The summed E-state index contributed by atoms with van der Waals surface area (Å²) < 4.78 is 20.1. The number of hydrogen-bond donors (Lipinski definition) is 1. The van der Waals surface area contributed by atoms with Crippen molar-refractivity contribution < 1.29 is 18.7 Å². The molecule has 1 amide bonds. The molecule has 0 saturated heterocycles. The van der Waals surface area contributed by atoms with Gasteiger partial charge in [-0.2, -0.15) is 9.78 Å². The molecule has 0 radical (unpaired) electrons. The number of fused-ring (bicyclic) bond motifs is 2. The Morgan fingerprint density at radius 3 is 2.79 bits per heavy atom. The van der Waals surface area contributed by atoms with Crippen LogP contribution in [0.1, 0.15) is 12.5 Å². The third-order valence-corrected chi connectivity index (χ3v) is 6.76. The minimum atomic E-state index is -0.595. The molecular formula is C27H20BrIN4O5. The summed E-state index contributed by atoms with van der Waals surface area (Å²) in [6, 6.07) is 18.0. The number of aromatic nitrogens is 2. The second-order valence-corrected chi connectivity index (χ2v) is 10.2. The second kappa shape index (κ2) is 11.0. The number of benzene rings is 3. The van der Waals surface area contributed by atoms with Gasteiger partial charge in [-0.25, -0.2) is 4.98 Å². The highest BCUT2D eigenvalue weighted by Crippen LogP contribution is 2.34. The van der Waals surface area contributed by atoms with Crippen molar-refractivity contribution in [3.63, 3.8) is 0 Å². The van der Waals surface area contributed by atoms with E-state index in [0.717, 1.165) is 9.86 Å². The van der Waals surface area contributed by atoms with Crippen LogP contribution in [0.3, 0.4) is 0 Å². The molecule has 0 atom stereocenters. The summed E-state index contributed by atoms with van der Waals surface area (Å²) in [4.78, 5) is 29.4. The maximum absolute atomic E-state index is 13.5. The summed E-state index contributed by atoms with van der Waals surface area (Å²) in [7, 11) is 0. The van der Waals surface area contributed by atoms with E-state index in [1.807, 2.05) is 37.3 Å². The first-order valence-electron chi connectivity index (χ1n) is 11.5. The average molecular weight is 687 g/mol. The summed E-state index contributed by atoms with van der Waals surface area (Å²) in [6.45, 7) is 1.94. The molecule has 9 nitrogen and oxygen atoms in total. The standard InChI is InChI=1S/C27H20BrIN4O5/c1-2-36-22-10-15(9-19(29)25(22)37-14-24(30)34)13-31-33-26(32-20-6-4-3-5-18(20)27(33)35)23-12-16-11-17(28)7-8-21(16)38-23/h3-13H,2,14H2,1H3,(H2,30,34). The van der Waals surface area contributed by atoms with E-state index in [2.05, 4.69) is 43.6 Å². The number of ether oxygens (including phenoxy) is 2. The van der Waals surface area contributed by atoms with E-state index in [9.17, 15) is 9.59 Å². The van der Waals surface area contributed by atoms with Gasteiger partial charge >= 0.3 is 0 Å². The quantitative estimate of drug-likeness (QED) is 0.174. The molecule has 3 aromatic carbocycles. The molecule has 0 aliphatic carbocycles. The Morgan fingerprint density at radius 1 is 1.18 bits per heavy atom. The van der Waals surface area contributed by atoms with Crippen molar-refractivity contribution in [3.8, 4) is 23.1 Å². The van der Waals surface area contributed by atoms with Crippen molar-refractivity contribution in [2.45, 2.75) is 6.92 Å². The minimum Gasteiger partial charge on any atom is -0.490 e. The lowest BCUT2D eigenvalue weighted by Gasteiger charge is -2.13. The summed E-state index contributed by atoms with van der Waals surface area (Å²) in [5.74, 6) is 0.898. The lowest BCUT2D eigenvalue weighted by Crippen LogP contribution is -2.21. The monoisotopic (exact) mass is 686 g/mol. The topological polar surface area (TPSA) is 122 Å². The van der Waals surface area contributed by atoms with Crippen molar-refractivity contribution in [1.82, 2.24) is 9.66 Å². The Morgan fingerprint density at radius 2 is 2.00 bits per heavy atom. The Bertz CT molecular complexity index is 1780. The predicted molar refractivity (Wildman–Crippen MR) is 157 cm³/mol. The fourth-order valence-corrected chi connectivity index (χ4v) is 5.01. The van der Waals surface area contributed by atoms with Crippen LogP contribution in [0, 0.1) is 3.57 Å². The van der Waals surface area contributed by atoms with E-state index in [-0.39, 0.29) is 18.0 Å². The number of carbonyl (C=O) groups excluding carboxylic acids is 1. The Balaban J connectivity index is 1.63. The number of rotatable bonds is 8. The van der Waals surface area contributed by atoms with Crippen molar-refractivity contribution in [1.29, 1.82) is 0 Å². The van der Waals surface area contributed by atoms with E-state index in [1.54, 1.807) is 30.3 Å². The molecule has 2 heterocycles. The van der Waals surface area contributed by atoms with Crippen molar-refractivity contribution in [2.75, 3.05) is 13.2 Å². The molecule has 0 saturated carbocycles. The molecular weight excluding hydrogens is 667 g/mol. The van der Waals surface area contributed by atoms with Crippen LogP contribution in [-0.4, -0.2) is 35.0 Å². The number of carbonyl (C=O) groups is 1. The summed E-state index contributed by atoms with van der Waals surface area (Å²) in [5.41, 5.74) is 6.72. The van der Waals surface area contributed by atoms with Crippen LogP contribution in [0.25, 0.3) is 33.5 Å². The number of para-hydroxylation sites is 1. The average Bonchev–Trinajstić information content (AvgIpc) is 3.30. The first-order chi connectivity index (χ1) is 18.3. The molecule has 0 fully saturated rings. The zero-order valence-electron chi connectivity index (χ0n) is 20.0. The van der Waals surface area contributed by atoms with E-state index in [1.165, 1.54) is 10.9 Å². The molecule has 0 spiro atoms. The fraction of sp³-hybridized carbons (Fsp3) is 0.111. The van der Waals surface area contributed by atoms with E-state index in [0.29, 0.717) is 49.5 Å². The van der Waals surface area contributed by atoms with Gasteiger partial charge < -0.3 is 19.6 Å². The zero-order valence-corrected chi connectivity index (χ0v) is 23.7. The summed E-state index contributed by atoms with van der Waals surface area (Å²) in [5, 5.41) is 5.79.